The van der Waals surface area contributed by atoms with Crippen LogP contribution in [0.1, 0.15) is 33.1 Å². The number of rotatable bonds is 2. The molecule has 0 aliphatic carbocycles. The zero-order chi connectivity index (χ0) is 10.9. The van der Waals surface area contributed by atoms with E-state index in [4.69, 9.17) is 9.47 Å². The highest BCUT2D eigenvalue weighted by Gasteiger charge is 2.60. The molecular formula is C11H16N2O2. The second kappa shape index (κ2) is 3.58. The summed E-state index contributed by atoms with van der Waals surface area (Å²) in [5.41, 5.74) is 0.443. The lowest BCUT2D eigenvalue weighted by Gasteiger charge is -2.39. The minimum absolute atomic E-state index is 0.514. The van der Waals surface area contributed by atoms with Crippen molar-refractivity contribution in [3.63, 3.8) is 0 Å². The first-order valence-corrected chi connectivity index (χ1v) is 5.42. The van der Waals surface area contributed by atoms with Gasteiger partial charge in [0.05, 0.1) is 12.7 Å². The number of hydrogen-bond acceptors (Lipinski definition) is 4. The lowest BCUT2D eigenvalue weighted by Crippen LogP contribution is -2.48. The number of nitrogens with zero attached hydrogens (tertiary/aromatic N) is 2. The molecule has 0 bridgehead atoms. The molecule has 2 heterocycles. The standard InChI is InChI=1S/C11H16N2O2/c1-3-14-11-10(8-12,6-7-15-11)5-4-9(2)13-11/h3-7H2,1-2H3/t10-,11+/m0/s1. The van der Waals surface area contributed by atoms with Gasteiger partial charge in [0.2, 0.25) is 0 Å². The van der Waals surface area contributed by atoms with Gasteiger partial charge < -0.3 is 9.47 Å². The van der Waals surface area contributed by atoms with Crippen LogP contribution in [0.5, 0.6) is 0 Å². The van der Waals surface area contributed by atoms with Crippen molar-refractivity contribution in [2.75, 3.05) is 13.2 Å². The van der Waals surface area contributed by atoms with Gasteiger partial charge in [-0.05, 0) is 33.1 Å². The van der Waals surface area contributed by atoms with E-state index >= 15 is 0 Å². The van der Waals surface area contributed by atoms with Gasteiger partial charge in [-0.25, -0.2) is 4.99 Å². The SMILES string of the molecule is CCO[C@]12N=C(C)CC[C@@]1(C#N)CCO2. The monoisotopic (exact) mass is 208 g/mol. The van der Waals surface area contributed by atoms with Crippen molar-refractivity contribution in [1.29, 1.82) is 5.26 Å². The van der Waals surface area contributed by atoms with E-state index < -0.39 is 11.3 Å². The fraction of sp³-hybridized carbons (Fsp3) is 0.818. The molecule has 2 rings (SSSR count). The van der Waals surface area contributed by atoms with E-state index in [-0.39, 0.29) is 0 Å². The van der Waals surface area contributed by atoms with Crippen LogP contribution in [0, 0.1) is 16.7 Å². The molecule has 0 N–H and O–H groups in total. The number of hydrogen-bond donors (Lipinski definition) is 0. The summed E-state index contributed by atoms with van der Waals surface area (Å²) < 4.78 is 11.2. The minimum atomic E-state index is -1.02. The van der Waals surface area contributed by atoms with Gasteiger partial charge in [-0.15, -0.1) is 0 Å². The van der Waals surface area contributed by atoms with Gasteiger partial charge in [0.1, 0.15) is 5.41 Å². The van der Waals surface area contributed by atoms with Crippen LogP contribution < -0.4 is 0 Å². The van der Waals surface area contributed by atoms with Crippen LogP contribution in [0.3, 0.4) is 0 Å². The molecule has 2 aliphatic rings. The van der Waals surface area contributed by atoms with Gasteiger partial charge >= 0.3 is 0 Å². The summed E-state index contributed by atoms with van der Waals surface area (Å²) in [6.07, 6.45) is 2.38. The van der Waals surface area contributed by atoms with Crippen molar-refractivity contribution in [3.05, 3.63) is 0 Å². The van der Waals surface area contributed by atoms with E-state index in [1.54, 1.807) is 0 Å². The van der Waals surface area contributed by atoms with Gasteiger partial charge in [0.15, 0.2) is 0 Å². The fourth-order valence-corrected chi connectivity index (χ4v) is 2.37. The van der Waals surface area contributed by atoms with E-state index in [1.165, 1.54) is 0 Å². The maximum absolute atomic E-state index is 9.35. The summed E-state index contributed by atoms with van der Waals surface area (Å²) in [6, 6.07) is 2.37. The number of aliphatic imine (C=N–C) groups is 1. The Morgan fingerprint density at radius 3 is 3.07 bits per heavy atom. The molecule has 2 aliphatic heterocycles. The molecule has 1 saturated heterocycles. The molecule has 1 fully saturated rings. The molecule has 0 aromatic carbocycles. The lowest BCUT2D eigenvalue weighted by molar-refractivity contribution is -0.242. The van der Waals surface area contributed by atoms with Crippen LogP contribution in [-0.4, -0.2) is 24.8 Å². The molecule has 82 valence electrons. The van der Waals surface area contributed by atoms with Gasteiger partial charge in [-0.3, -0.25) is 0 Å². The van der Waals surface area contributed by atoms with Crippen molar-refractivity contribution in [2.24, 2.45) is 10.4 Å². The molecule has 0 unspecified atom stereocenters. The Labute approximate surface area is 89.9 Å². The maximum atomic E-state index is 9.35. The Kier molecular flexibility index (Phi) is 2.53. The largest absolute Gasteiger partial charge is 0.331 e. The summed E-state index contributed by atoms with van der Waals surface area (Å²) in [7, 11) is 0. The van der Waals surface area contributed by atoms with Gasteiger partial charge in [-0.1, -0.05) is 0 Å². The first-order valence-electron chi connectivity index (χ1n) is 5.42. The van der Waals surface area contributed by atoms with Gasteiger partial charge in [0.25, 0.3) is 5.91 Å². The van der Waals surface area contributed by atoms with Gasteiger partial charge in [-0.2, -0.15) is 5.26 Å². The van der Waals surface area contributed by atoms with Crippen LogP contribution in [0.2, 0.25) is 0 Å². The lowest BCUT2D eigenvalue weighted by atomic mass is 9.77. The highest BCUT2D eigenvalue weighted by molar-refractivity contribution is 5.83. The second-order valence-electron chi connectivity index (χ2n) is 4.15. The molecule has 15 heavy (non-hydrogen) atoms. The van der Waals surface area contributed by atoms with E-state index in [0.29, 0.717) is 13.2 Å². The van der Waals surface area contributed by atoms with E-state index in [2.05, 4.69) is 11.1 Å². The van der Waals surface area contributed by atoms with Crippen LogP contribution in [0.25, 0.3) is 0 Å². The molecule has 0 aromatic heterocycles. The van der Waals surface area contributed by atoms with E-state index in [0.717, 1.165) is 25.0 Å². The summed E-state index contributed by atoms with van der Waals surface area (Å²) in [4.78, 5) is 4.46. The third kappa shape index (κ3) is 1.38. The van der Waals surface area contributed by atoms with E-state index in [1.807, 2.05) is 13.8 Å². The van der Waals surface area contributed by atoms with E-state index in [9.17, 15) is 5.26 Å². The average molecular weight is 208 g/mol. The number of ether oxygens (including phenoxy) is 2. The zero-order valence-corrected chi connectivity index (χ0v) is 9.25. The number of fused-ring (bicyclic) bond motifs is 1. The quantitative estimate of drug-likeness (QED) is 0.696. The number of nitriles is 1. The van der Waals surface area contributed by atoms with Crippen molar-refractivity contribution in [3.8, 4) is 6.07 Å². The predicted molar refractivity (Wildman–Crippen MR) is 55.3 cm³/mol. The molecular weight excluding hydrogens is 192 g/mol. The third-order valence-electron chi connectivity index (χ3n) is 3.24. The summed E-state index contributed by atoms with van der Waals surface area (Å²) in [6.45, 7) is 4.94. The summed E-state index contributed by atoms with van der Waals surface area (Å²) in [5.74, 6) is -1.02. The summed E-state index contributed by atoms with van der Waals surface area (Å²) in [5, 5.41) is 9.35. The smallest absolute Gasteiger partial charge is 0.288 e. The van der Waals surface area contributed by atoms with Crippen LogP contribution in [-0.2, 0) is 9.47 Å². The highest BCUT2D eigenvalue weighted by atomic mass is 16.7. The van der Waals surface area contributed by atoms with Crippen LogP contribution in [0.4, 0.5) is 0 Å². The molecule has 0 radical (unpaired) electrons. The normalized spacial score (nSPS) is 39.4. The topological polar surface area (TPSA) is 54.6 Å². The molecule has 4 heteroatoms. The average Bonchev–Trinajstić information content (AvgIpc) is 2.57. The van der Waals surface area contributed by atoms with Crippen molar-refractivity contribution in [2.45, 2.75) is 39.0 Å². The molecule has 0 saturated carbocycles. The highest BCUT2D eigenvalue weighted by Crippen LogP contribution is 2.50. The minimum Gasteiger partial charge on any atom is -0.331 e. The molecule has 4 nitrogen and oxygen atoms in total. The second-order valence-corrected chi connectivity index (χ2v) is 4.15. The molecule has 0 aromatic rings. The summed E-state index contributed by atoms with van der Waals surface area (Å²) >= 11 is 0. The Hall–Kier alpha value is -0.920. The zero-order valence-electron chi connectivity index (χ0n) is 9.25. The van der Waals surface area contributed by atoms with Crippen molar-refractivity contribution in [1.82, 2.24) is 0 Å². The Balaban J connectivity index is 2.42. The first-order chi connectivity index (χ1) is 7.18. The van der Waals surface area contributed by atoms with Crippen LogP contribution >= 0.6 is 0 Å². The van der Waals surface area contributed by atoms with Gasteiger partial charge in [0, 0.05) is 12.3 Å². The van der Waals surface area contributed by atoms with Crippen molar-refractivity contribution < 1.29 is 9.47 Å². The predicted octanol–water partition coefficient (Wildman–Crippen LogP) is 1.86. The Bertz CT molecular complexity index is 334. The first kappa shape index (κ1) is 10.6. The Morgan fingerprint density at radius 1 is 1.60 bits per heavy atom. The van der Waals surface area contributed by atoms with Crippen molar-refractivity contribution >= 4 is 5.71 Å². The Morgan fingerprint density at radius 2 is 2.40 bits per heavy atom. The molecule has 2 atom stereocenters. The maximum Gasteiger partial charge on any atom is 0.288 e. The third-order valence-corrected chi connectivity index (χ3v) is 3.24. The van der Waals surface area contributed by atoms with Crippen LogP contribution in [0.15, 0.2) is 4.99 Å². The molecule has 0 amide bonds. The molecule has 0 spiro atoms. The fourth-order valence-electron chi connectivity index (χ4n) is 2.37.